The molecule has 32 heavy (non-hydrogen) atoms. The van der Waals surface area contributed by atoms with Crippen molar-refractivity contribution in [3.05, 3.63) is 65.5 Å². The Bertz CT molecular complexity index is 977. The van der Waals surface area contributed by atoms with Crippen molar-refractivity contribution in [3.63, 3.8) is 0 Å². The van der Waals surface area contributed by atoms with Gasteiger partial charge in [-0.25, -0.2) is 17.6 Å². The third-order valence-electron chi connectivity index (χ3n) is 5.13. The highest BCUT2D eigenvalue weighted by molar-refractivity contribution is 7.89. The summed E-state index contributed by atoms with van der Waals surface area (Å²) in [7, 11) is 0.300. The maximum absolute atomic E-state index is 14.1. The largest absolute Gasteiger partial charge is 0.334 e. The normalized spacial score (nSPS) is 11.7. The zero-order valence-corrected chi connectivity index (χ0v) is 20.0. The summed E-state index contributed by atoms with van der Waals surface area (Å²) in [6, 6.07) is 12.6. The molecule has 0 aromatic heterocycles. The van der Waals surface area contributed by atoms with Crippen molar-refractivity contribution in [2.24, 2.45) is 0 Å². The van der Waals surface area contributed by atoms with Gasteiger partial charge in [0.05, 0.1) is 11.4 Å². The predicted molar refractivity (Wildman–Crippen MR) is 124 cm³/mol. The lowest BCUT2D eigenvalue weighted by molar-refractivity contribution is 0.187. The standard InChI is InChI=1S/C23H33FN4O3S/c1-5-28(6-2)32(30,31)21-13-11-19(12-14-21)17-25-23(29)27(16-15-26(3)4)18-20-9-7-8-10-22(20)24/h7-14H,5-6,15-18H2,1-4H3,(H,25,29). The summed E-state index contributed by atoms with van der Waals surface area (Å²) in [4.78, 5) is 16.6. The van der Waals surface area contributed by atoms with Crippen LogP contribution in [-0.4, -0.2) is 68.8 Å². The summed E-state index contributed by atoms with van der Waals surface area (Å²) in [5.74, 6) is -0.347. The summed E-state index contributed by atoms with van der Waals surface area (Å²) in [5.41, 5.74) is 1.22. The number of hydrogen-bond donors (Lipinski definition) is 1. The van der Waals surface area contributed by atoms with Crippen LogP contribution in [0.4, 0.5) is 9.18 Å². The number of nitrogens with one attached hydrogen (secondary N) is 1. The van der Waals surface area contributed by atoms with Gasteiger partial charge in [0.15, 0.2) is 0 Å². The van der Waals surface area contributed by atoms with E-state index in [1.807, 2.05) is 19.0 Å². The van der Waals surface area contributed by atoms with Crippen LogP contribution < -0.4 is 5.32 Å². The number of amides is 2. The molecule has 1 N–H and O–H groups in total. The second kappa shape index (κ2) is 11.9. The number of carbonyl (C=O) groups excluding carboxylic acids is 1. The van der Waals surface area contributed by atoms with E-state index in [0.29, 0.717) is 31.7 Å². The van der Waals surface area contributed by atoms with Crippen molar-refractivity contribution >= 4 is 16.1 Å². The number of urea groups is 1. The number of carbonyl (C=O) groups is 1. The average Bonchev–Trinajstić information content (AvgIpc) is 2.77. The lowest BCUT2D eigenvalue weighted by atomic mass is 10.2. The van der Waals surface area contributed by atoms with Gasteiger partial charge in [-0.1, -0.05) is 44.2 Å². The second-order valence-electron chi connectivity index (χ2n) is 7.71. The molecule has 0 aliphatic rings. The summed E-state index contributed by atoms with van der Waals surface area (Å²) in [5, 5.41) is 2.85. The Morgan fingerprint density at radius 2 is 1.59 bits per heavy atom. The number of likely N-dealkylation sites (N-methyl/N-ethyl adjacent to an activating group) is 1. The first-order valence-corrected chi connectivity index (χ1v) is 12.1. The van der Waals surface area contributed by atoms with Crippen LogP contribution in [0.5, 0.6) is 0 Å². The van der Waals surface area contributed by atoms with Gasteiger partial charge < -0.3 is 15.1 Å². The van der Waals surface area contributed by atoms with Gasteiger partial charge in [-0.2, -0.15) is 4.31 Å². The molecule has 0 bridgehead atoms. The van der Waals surface area contributed by atoms with Crippen LogP contribution >= 0.6 is 0 Å². The monoisotopic (exact) mass is 464 g/mol. The minimum Gasteiger partial charge on any atom is -0.334 e. The summed E-state index contributed by atoms with van der Waals surface area (Å²) in [6.45, 7) is 5.88. The van der Waals surface area contributed by atoms with Crippen LogP contribution in [-0.2, 0) is 23.1 Å². The fourth-order valence-corrected chi connectivity index (χ4v) is 4.64. The molecule has 0 radical (unpaired) electrons. The molecule has 0 atom stereocenters. The van der Waals surface area contributed by atoms with E-state index >= 15 is 0 Å². The fraction of sp³-hybridized carbons (Fsp3) is 0.435. The van der Waals surface area contributed by atoms with Crippen LogP contribution in [0.25, 0.3) is 0 Å². The number of benzene rings is 2. The molecule has 7 nitrogen and oxygen atoms in total. The maximum Gasteiger partial charge on any atom is 0.318 e. The summed E-state index contributed by atoms with van der Waals surface area (Å²) >= 11 is 0. The summed E-state index contributed by atoms with van der Waals surface area (Å²) < 4.78 is 40.7. The third-order valence-corrected chi connectivity index (χ3v) is 7.20. The molecule has 0 aliphatic carbocycles. The van der Waals surface area contributed by atoms with Crippen molar-refractivity contribution in [3.8, 4) is 0 Å². The molecule has 0 aliphatic heterocycles. The van der Waals surface area contributed by atoms with Crippen LogP contribution in [0.2, 0.25) is 0 Å². The van der Waals surface area contributed by atoms with Crippen molar-refractivity contribution < 1.29 is 17.6 Å². The number of sulfonamides is 1. The minimum atomic E-state index is -3.52. The summed E-state index contributed by atoms with van der Waals surface area (Å²) in [6.07, 6.45) is 0. The van der Waals surface area contributed by atoms with Crippen LogP contribution in [0, 0.1) is 5.82 Å². The van der Waals surface area contributed by atoms with Crippen LogP contribution in [0.15, 0.2) is 53.4 Å². The topological polar surface area (TPSA) is 73.0 Å². The highest BCUT2D eigenvalue weighted by atomic mass is 32.2. The van der Waals surface area contributed by atoms with Gasteiger partial charge in [0.25, 0.3) is 0 Å². The van der Waals surface area contributed by atoms with Crippen molar-refractivity contribution in [1.29, 1.82) is 0 Å². The number of hydrogen-bond acceptors (Lipinski definition) is 4. The highest BCUT2D eigenvalue weighted by Gasteiger charge is 2.21. The van der Waals surface area contributed by atoms with E-state index in [0.717, 1.165) is 5.56 Å². The molecular formula is C23H33FN4O3S. The minimum absolute atomic E-state index is 0.160. The lowest BCUT2D eigenvalue weighted by Crippen LogP contribution is -2.42. The van der Waals surface area contributed by atoms with E-state index in [-0.39, 0.29) is 29.8 Å². The highest BCUT2D eigenvalue weighted by Crippen LogP contribution is 2.16. The third kappa shape index (κ3) is 7.01. The van der Waals surface area contributed by atoms with E-state index < -0.39 is 10.0 Å². The van der Waals surface area contributed by atoms with E-state index in [4.69, 9.17) is 0 Å². The molecule has 0 saturated carbocycles. The first kappa shape index (κ1) is 25.8. The Balaban J connectivity index is 2.06. The second-order valence-corrected chi connectivity index (χ2v) is 9.65. The van der Waals surface area contributed by atoms with Crippen molar-refractivity contribution in [2.45, 2.75) is 31.8 Å². The van der Waals surface area contributed by atoms with Gasteiger partial charge in [0.2, 0.25) is 10.0 Å². The van der Waals surface area contributed by atoms with E-state index in [1.54, 1.807) is 61.2 Å². The Labute approximate surface area is 190 Å². The molecule has 2 rings (SSSR count). The Kier molecular flexibility index (Phi) is 9.61. The first-order valence-electron chi connectivity index (χ1n) is 10.7. The zero-order chi connectivity index (χ0) is 23.7. The van der Waals surface area contributed by atoms with E-state index in [9.17, 15) is 17.6 Å². The molecule has 176 valence electrons. The molecule has 0 spiro atoms. The maximum atomic E-state index is 14.1. The smallest absolute Gasteiger partial charge is 0.318 e. The first-order chi connectivity index (χ1) is 15.2. The molecule has 0 heterocycles. The fourth-order valence-electron chi connectivity index (χ4n) is 3.19. The van der Waals surface area contributed by atoms with Crippen LogP contribution in [0.1, 0.15) is 25.0 Å². The van der Waals surface area contributed by atoms with Gasteiger partial charge in [-0.15, -0.1) is 0 Å². The molecule has 2 aromatic carbocycles. The van der Waals surface area contributed by atoms with Gasteiger partial charge in [0.1, 0.15) is 5.82 Å². The molecule has 0 saturated heterocycles. The van der Waals surface area contributed by atoms with E-state index in [2.05, 4.69) is 5.32 Å². The average molecular weight is 465 g/mol. The molecular weight excluding hydrogens is 431 g/mol. The molecule has 2 amide bonds. The Morgan fingerprint density at radius 1 is 0.969 bits per heavy atom. The van der Waals surface area contributed by atoms with Gasteiger partial charge in [-0.05, 0) is 37.9 Å². The Morgan fingerprint density at radius 3 is 2.16 bits per heavy atom. The zero-order valence-electron chi connectivity index (χ0n) is 19.2. The van der Waals surface area contributed by atoms with Crippen LogP contribution in [0.3, 0.4) is 0 Å². The molecule has 0 unspecified atom stereocenters. The van der Waals surface area contributed by atoms with Gasteiger partial charge >= 0.3 is 6.03 Å². The van der Waals surface area contributed by atoms with Gasteiger partial charge in [-0.3, -0.25) is 0 Å². The lowest BCUT2D eigenvalue weighted by Gasteiger charge is -2.25. The number of rotatable bonds is 11. The van der Waals surface area contributed by atoms with Crippen molar-refractivity contribution in [1.82, 2.24) is 19.4 Å². The quantitative estimate of drug-likeness (QED) is 0.555. The van der Waals surface area contributed by atoms with Gasteiger partial charge in [0, 0.05) is 38.3 Å². The molecule has 0 fully saturated rings. The Hall–Kier alpha value is -2.49. The number of nitrogens with zero attached hydrogens (tertiary/aromatic N) is 3. The van der Waals surface area contributed by atoms with E-state index in [1.165, 1.54) is 10.4 Å². The SMILES string of the molecule is CCN(CC)S(=O)(=O)c1ccc(CNC(=O)N(CCN(C)C)Cc2ccccc2F)cc1. The predicted octanol–water partition coefficient (Wildman–Crippen LogP) is 3.13. The molecule has 2 aromatic rings. The van der Waals surface area contributed by atoms with Crippen molar-refractivity contribution in [2.75, 3.05) is 40.3 Å². The molecule has 9 heteroatoms. The number of halogens is 1.